The van der Waals surface area contributed by atoms with Crippen LogP contribution < -0.4 is 5.73 Å². The van der Waals surface area contributed by atoms with Gasteiger partial charge in [0.2, 0.25) is 0 Å². The zero-order valence-electron chi connectivity index (χ0n) is 11.0. The molecule has 0 heterocycles. The molecule has 2 N–H and O–H groups in total. The van der Waals surface area contributed by atoms with Crippen molar-refractivity contribution in [1.82, 2.24) is 0 Å². The Balaban J connectivity index is 2.13. The van der Waals surface area contributed by atoms with Crippen LogP contribution in [-0.2, 0) is 6.42 Å². The monoisotopic (exact) mass is 283 g/mol. The normalized spacial score (nSPS) is 18.8. The van der Waals surface area contributed by atoms with Gasteiger partial charge >= 0.3 is 0 Å². The average molecular weight is 284 g/mol. The number of hydrogen-bond donors (Lipinski definition) is 1. The van der Waals surface area contributed by atoms with E-state index in [0.717, 1.165) is 16.7 Å². The van der Waals surface area contributed by atoms with Gasteiger partial charge < -0.3 is 5.73 Å². The average Bonchev–Trinajstić information content (AvgIpc) is 2.34. The van der Waals surface area contributed by atoms with E-state index >= 15 is 0 Å². The molecule has 1 atom stereocenters. The van der Waals surface area contributed by atoms with Crippen LogP contribution in [0.2, 0.25) is 5.02 Å². The van der Waals surface area contributed by atoms with Crippen LogP contribution in [0.4, 0.5) is 0 Å². The summed E-state index contributed by atoms with van der Waals surface area (Å²) in [5, 5.41) is 1.63. The fourth-order valence-electron chi connectivity index (χ4n) is 2.54. The molecule has 1 saturated carbocycles. The van der Waals surface area contributed by atoms with E-state index < -0.39 is 0 Å². The fourth-order valence-corrected chi connectivity index (χ4v) is 4.26. The highest BCUT2D eigenvalue weighted by Gasteiger charge is 2.18. The quantitative estimate of drug-likeness (QED) is 0.870. The first-order valence-electron chi connectivity index (χ1n) is 6.86. The topological polar surface area (TPSA) is 26.0 Å². The second kappa shape index (κ2) is 6.83. The molecular formula is C15H22ClNS. The van der Waals surface area contributed by atoms with Crippen LogP contribution in [0.1, 0.15) is 44.6 Å². The van der Waals surface area contributed by atoms with E-state index in [1.54, 1.807) is 0 Å². The second-order valence-corrected chi connectivity index (χ2v) is 7.01. The van der Waals surface area contributed by atoms with Gasteiger partial charge in [0.05, 0.1) is 5.02 Å². The summed E-state index contributed by atoms with van der Waals surface area (Å²) in [5.41, 5.74) is 7.24. The maximum Gasteiger partial charge on any atom is 0.0544 e. The summed E-state index contributed by atoms with van der Waals surface area (Å²) in [5.74, 6) is 0. The molecule has 0 radical (unpaired) electrons. The number of thioether (sulfide) groups is 1. The smallest absolute Gasteiger partial charge is 0.0544 e. The van der Waals surface area contributed by atoms with Crippen molar-refractivity contribution < 1.29 is 0 Å². The highest BCUT2D eigenvalue weighted by molar-refractivity contribution is 8.00. The fraction of sp³-hybridized carbons (Fsp3) is 0.600. The second-order valence-electron chi connectivity index (χ2n) is 5.29. The number of benzene rings is 1. The first-order valence-corrected chi connectivity index (χ1v) is 8.12. The number of nitrogens with two attached hydrogens (primary N) is 1. The molecule has 0 spiro atoms. The Morgan fingerprint density at radius 2 is 2.06 bits per heavy atom. The lowest BCUT2D eigenvalue weighted by atomic mass is 10.0. The first-order chi connectivity index (χ1) is 8.66. The maximum absolute atomic E-state index is 6.37. The molecule has 0 saturated heterocycles. The molecule has 1 nitrogen and oxygen atoms in total. The van der Waals surface area contributed by atoms with E-state index in [-0.39, 0.29) is 6.04 Å². The van der Waals surface area contributed by atoms with Crippen molar-refractivity contribution in [3.05, 3.63) is 28.8 Å². The van der Waals surface area contributed by atoms with Gasteiger partial charge in [-0.1, -0.05) is 43.0 Å². The van der Waals surface area contributed by atoms with Crippen molar-refractivity contribution in [2.45, 2.75) is 61.6 Å². The molecule has 18 heavy (non-hydrogen) atoms. The van der Waals surface area contributed by atoms with Gasteiger partial charge in [-0.25, -0.2) is 0 Å². The van der Waals surface area contributed by atoms with Crippen molar-refractivity contribution >= 4 is 23.4 Å². The lowest BCUT2D eigenvalue weighted by Crippen LogP contribution is -2.18. The molecule has 100 valence electrons. The molecule has 1 aliphatic carbocycles. The number of halogens is 1. The summed E-state index contributed by atoms with van der Waals surface area (Å²) in [6, 6.07) is 6.39. The molecule has 1 aliphatic rings. The van der Waals surface area contributed by atoms with Crippen LogP contribution in [0.3, 0.4) is 0 Å². The van der Waals surface area contributed by atoms with Crippen LogP contribution in [-0.4, -0.2) is 11.3 Å². The summed E-state index contributed by atoms with van der Waals surface area (Å²) in [7, 11) is 0. The Hall–Kier alpha value is -0.180. The molecule has 0 aliphatic heterocycles. The Bertz CT molecular complexity index is 386. The van der Waals surface area contributed by atoms with E-state index in [0.29, 0.717) is 0 Å². The number of rotatable bonds is 4. The van der Waals surface area contributed by atoms with E-state index in [4.69, 9.17) is 17.3 Å². The standard InChI is InChI=1S/C15H22ClNS/c1-11(17)10-12-6-5-9-14(16)15(12)18-13-7-3-2-4-8-13/h5-6,9,11,13H,2-4,7-8,10,17H2,1H3. The van der Waals surface area contributed by atoms with Crippen molar-refractivity contribution in [3.8, 4) is 0 Å². The van der Waals surface area contributed by atoms with Crippen molar-refractivity contribution in [2.24, 2.45) is 5.73 Å². The Morgan fingerprint density at radius 3 is 2.72 bits per heavy atom. The van der Waals surface area contributed by atoms with Crippen LogP contribution in [0.15, 0.2) is 23.1 Å². The first kappa shape index (κ1) is 14.2. The van der Waals surface area contributed by atoms with Gasteiger partial charge in [0, 0.05) is 16.2 Å². The molecule has 0 amide bonds. The molecule has 1 fully saturated rings. The third kappa shape index (κ3) is 3.91. The van der Waals surface area contributed by atoms with Gasteiger partial charge in [0.15, 0.2) is 0 Å². The highest BCUT2D eigenvalue weighted by atomic mass is 35.5. The molecule has 0 aromatic heterocycles. The third-order valence-electron chi connectivity index (χ3n) is 3.43. The molecule has 0 bridgehead atoms. The van der Waals surface area contributed by atoms with Crippen LogP contribution in [0.5, 0.6) is 0 Å². The van der Waals surface area contributed by atoms with Gasteiger partial charge in [0.25, 0.3) is 0 Å². The predicted molar refractivity (Wildman–Crippen MR) is 81.5 cm³/mol. The highest BCUT2D eigenvalue weighted by Crippen LogP contribution is 2.39. The zero-order chi connectivity index (χ0) is 13.0. The lowest BCUT2D eigenvalue weighted by molar-refractivity contribution is 0.516. The summed E-state index contributed by atoms with van der Waals surface area (Å²) in [6.45, 7) is 2.05. The van der Waals surface area contributed by atoms with Crippen LogP contribution >= 0.6 is 23.4 Å². The minimum absolute atomic E-state index is 0.189. The van der Waals surface area contributed by atoms with Gasteiger partial charge in [-0.05, 0) is 37.8 Å². The summed E-state index contributed by atoms with van der Waals surface area (Å²) in [6.07, 6.45) is 7.69. The molecular weight excluding hydrogens is 262 g/mol. The Kier molecular flexibility index (Phi) is 5.40. The number of hydrogen-bond acceptors (Lipinski definition) is 2. The van der Waals surface area contributed by atoms with E-state index in [1.165, 1.54) is 42.6 Å². The van der Waals surface area contributed by atoms with E-state index in [1.807, 2.05) is 23.9 Å². The third-order valence-corrected chi connectivity index (χ3v) is 5.38. The lowest BCUT2D eigenvalue weighted by Gasteiger charge is -2.23. The van der Waals surface area contributed by atoms with Crippen LogP contribution in [0.25, 0.3) is 0 Å². The zero-order valence-corrected chi connectivity index (χ0v) is 12.6. The molecule has 1 aromatic rings. The molecule has 1 aromatic carbocycles. The summed E-state index contributed by atoms with van der Waals surface area (Å²) in [4.78, 5) is 1.27. The van der Waals surface area contributed by atoms with Gasteiger partial charge in [-0.15, -0.1) is 11.8 Å². The largest absolute Gasteiger partial charge is 0.328 e. The van der Waals surface area contributed by atoms with E-state index in [2.05, 4.69) is 13.0 Å². The minimum Gasteiger partial charge on any atom is -0.328 e. The van der Waals surface area contributed by atoms with Gasteiger partial charge in [-0.3, -0.25) is 0 Å². The molecule has 3 heteroatoms. The molecule has 1 unspecified atom stereocenters. The van der Waals surface area contributed by atoms with E-state index in [9.17, 15) is 0 Å². The maximum atomic E-state index is 6.37. The summed E-state index contributed by atoms with van der Waals surface area (Å²) < 4.78 is 0. The van der Waals surface area contributed by atoms with Gasteiger partial charge in [-0.2, -0.15) is 0 Å². The van der Waals surface area contributed by atoms with Crippen molar-refractivity contribution in [2.75, 3.05) is 0 Å². The van der Waals surface area contributed by atoms with Crippen molar-refractivity contribution in [1.29, 1.82) is 0 Å². The Morgan fingerprint density at radius 1 is 1.33 bits per heavy atom. The van der Waals surface area contributed by atoms with Crippen LogP contribution in [0, 0.1) is 0 Å². The molecule has 2 rings (SSSR count). The predicted octanol–water partition coefficient (Wildman–Crippen LogP) is 4.65. The van der Waals surface area contributed by atoms with Gasteiger partial charge in [0.1, 0.15) is 0 Å². The minimum atomic E-state index is 0.189. The SMILES string of the molecule is CC(N)Cc1cccc(Cl)c1SC1CCCCC1. The van der Waals surface area contributed by atoms with Crippen molar-refractivity contribution in [3.63, 3.8) is 0 Å². The summed E-state index contributed by atoms with van der Waals surface area (Å²) >= 11 is 8.34. The Labute approximate surface area is 119 Å².